The average molecular weight is 170 g/mol. The molecule has 1 aromatic rings. The second kappa shape index (κ2) is 3.81. The third-order valence-electron chi connectivity index (χ3n) is 1.41. The molecule has 0 saturated heterocycles. The van der Waals surface area contributed by atoms with E-state index in [1.165, 1.54) is 0 Å². The maximum atomic E-state index is 4.31. The van der Waals surface area contributed by atoms with E-state index in [0.29, 0.717) is 5.92 Å². The first-order valence-electron chi connectivity index (χ1n) is 3.85. The maximum Gasteiger partial charge on any atom is 0.0720 e. The molecule has 0 aliphatic heterocycles. The van der Waals surface area contributed by atoms with E-state index >= 15 is 0 Å². The molecule has 0 N–H and O–H groups in total. The summed E-state index contributed by atoms with van der Waals surface area (Å²) >= 11 is 4.14. The first kappa shape index (κ1) is 8.65. The zero-order valence-electron chi connectivity index (χ0n) is 6.99. The summed E-state index contributed by atoms with van der Waals surface area (Å²) in [5.74, 6) is 1.38. The van der Waals surface area contributed by atoms with Gasteiger partial charge in [0.25, 0.3) is 0 Å². The second-order valence-corrected chi connectivity index (χ2v) is 3.40. The lowest BCUT2D eigenvalue weighted by Crippen LogP contribution is -2.04. The smallest absolute Gasteiger partial charge is 0.0720 e. The lowest BCUT2D eigenvalue weighted by molar-refractivity contribution is 0.481. The molecule has 2 nitrogen and oxygen atoms in total. The van der Waals surface area contributed by atoms with Gasteiger partial charge in [-0.2, -0.15) is 17.7 Å². The predicted octanol–water partition coefficient (Wildman–Crippen LogP) is 1.97. The van der Waals surface area contributed by atoms with Crippen molar-refractivity contribution >= 4 is 12.6 Å². The quantitative estimate of drug-likeness (QED) is 0.687. The van der Waals surface area contributed by atoms with Gasteiger partial charge in [-0.05, 0) is 12.0 Å². The highest BCUT2D eigenvalue weighted by atomic mass is 32.1. The van der Waals surface area contributed by atoms with Gasteiger partial charge in [0.05, 0.1) is 5.69 Å². The molecule has 0 saturated carbocycles. The highest BCUT2D eigenvalue weighted by Crippen LogP contribution is 2.02. The van der Waals surface area contributed by atoms with Gasteiger partial charge in [0.2, 0.25) is 0 Å². The Morgan fingerprint density at radius 2 is 2.36 bits per heavy atom. The molecule has 0 aromatic carbocycles. The van der Waals surface area contributed by atoms with Crippen LogP contribution < -0.4 is 0 Å². The van der Waals surface area contributed by atoms with E-state index in [4.69, 9.17) is 0 Å². The van der Waals surface area contributed by atoms with E-state index in [-0.39, 0.29) is 0 Å². The summed E-state index contributed by atoms with van der Waals surface area (Å²) in [5, 5.41) is 4.31. The SMILES string of the molecule is CC(C)Cn1ccc(CS)n1. The number of thiol groups is 1. The topological polar surface area (TPSA) is 17.8 Å². The maximum absolute atomic E-state index is 4.31. The van der Waals surface area contributed by atoms with E-state index in [0.717, 1.165) is 18.0 Å². The van der Waals surface area contributed by atoms with Crippen LogP contribution in [0.15, 0.2) is 12.3 Å². The number of aromatic nitrogens is 2. The lowest BCUT2D eigenvalue weighted by Gasteiger charge is -2.03. The van der Waals surface area contributed by atoms with E-state index < -0.39 is 0 Å². The van der Waals surface area contributed by atoms with Crippen LogP contribution in [-0.4, -0.2) is 9.78 Å². The Kier molecular flexibility index (Phi) is 3.00. The minimum Gasteiger partial charge on any atom is -0.272 e. The van der Waals surface area contributed by atoms with Crippen LogP contribution >= 0.6 is 12.6 Å². The van der Waals surface area contributed by atoms with E-state index in [2.05, 4.69) is 31.6 Å². The van der Waals surface area contributed by atoms with Gasteiger partial charge >= 0.3 is 0 Å². The van der Waals surface area contributed by atoms with Gasteiger partial charge in [0, 0.05) is 18.5 Å². The van der Waals surface area contributed by atoms with Crippen LogP contribution in [0, 0.1) is 5.92 Å². The molecule has 1 heterocycles. The van der Waals surface area contributed by atoms with Crippen molar-refractivity contribution in [1.29, 1.82) is 0 Å². The Morgan fingerprint density at radius 3 is 2.82 bits per heavy atom. The van der Waals surface area contributed by atoms with Crippen LogP contribution in [0.4, 0.5) is 0 Å². The normalized spacial score (nSPS) is 10.9. The highest BCUT2D eigenvalue weighted by molar-refractivity contribution is 7.79. The summed E-state index contributed by atoms with van der Waals surface area (Å²) in [6, 6.07) is 2.01. The van der Waals surface area contributed by atoms with Gasteiger partial charge < -0.3 is 0 Å². The van der Waals surface area contributed by atoms with Gasteiger partial charge in [-0.1, -0.05) is 13.8 Å². The van der Waals surface area contributed by atoms with Crippen LogP contribution in [0.25, 0.3) is 0 Å². The Hall–Kier alpha value is -0.440. The number of hydrogen-bond acceptors (Lipinski definition) is 2. The molecule has 0 fully saturated rings. The Labute approximate surface area is 73.0 Å². The average Bonchev–Trinajstić information content (AvgIpc) is 2.34. The molecular formula is C8H14N2S. The summed E-state index contributed by atoms with van der Waals surface area (Å²) in [4.78, 5) is 0. The molecule has 0 atom stereocenters. The third kappa shape index (κ3) is 2.58. The van der Waals surface area contributed by atoms with Gasteiger partial charge in [-0.25, -0.2) is 0 Å². The van der Waals surface area contributed by atoms with Gasteiger partial charge in [0.1, 0.15) is 0 Å². The summed E-state index contributed by atoms with van der Waals surface area (Å²) in [5.41, 5.74) is 1.05. The standard InChI is InChI=1S/C8H14N2S/c1-7(2)5-10-4-3-8(6-11)9-10/h3-4,7,11H,5-6H2,1-2H3. The van der Waals surface area contributed by atoms with Crippen molar-refractivity contribution in [3.63, 3.8) is 0 Å². The first-order chi connectivity index (χ1) is 5.22. The van der Waals surface area contributed by atoms with E-state index in [1.807, 2.05) is 16.9 Å². The summed E-state index contributed by atoms with van der Waals surface area (Å²) < 4.78 is 1.97. The molecule has 0 spiro atoms. The zero-order valence-corrected chi connectivity index (χ0v) is 7.88. The van der Waals surface area contributed by atoms with Crippen LogP contribution in [-0.2, 0) is 12.3 Å². The molecule has 1 rings (SSSR count). The van der Waals surface area contributed by atoms with Crippen molar-refractivity contribution < 1.29 is 0 Å². The van der Waals surface area contributed by atoms with Crippen LogP contribution in [0.1, 0.15) is 19.5 Å². The van der Waals surface area contributed by atoms with Crippen molar-refractivity contribution in [3.05, 3.63) is 18.0 Å². The number of nitrogens with zero attached hydrogens (tertiary/aromatic N) is 2. The number of rotatable bonds is 3. The van der Waals surface area contributed by atoms with Crippen LogP contribution in [0.3, 0.4) is 0 Å². The van der Waals surface area contributed by atoms with Gasteiger partial charge in [0.15, 0.2) is 0 Å². The van der Waals surface area contributed by atoms with Gasteiger partial charge in [-0.15, -0.1) is 0 Å². The third-order valence-corrected chi connectivity index (χ3v) is 1.73. The fraction of sp³-hybridized carbons (Fsp3) is 0.625. The Morgan fingerprint density at radius 1 is 1.64 bits per heavy atom. The number of hydrogen-bond donors (Lipinski definition) is 1. The zero-order chi connectivity index (χ0) is 8.27. The predicted molar refractivity (Wildman–Crippen MR) is 49.8 cm³/mol. The molecule has 0 aliphatic rings. The largest absolute Gasteiger partial charge is 0.272 e. The molecule has 1 aromatic heterocycles. The van der Waals surface area contributed by atoms with Crippen molar-refractivity contribution in [2.24, 2.45) is 5.92 Å². The molecule has 0 unspecified atom stereocenters. The second-order valence-electron chi connectivity index (χ2n) is 3.08. The van der Waals surface area contributed by atoms with E-state index in [9.17, 15) is 0 Å². The Bertz CT molecular complexity index is 218. The van der Waals surface area contributed by atoms with Gasteiger partial charge in [-0.3, -0.25) is 4.68 Å². The summed E-state index contributed by atoms with van der Waals surface area (Å²) in [6.45, 7) is 5.36. The summed E-state index contributed by atoms with van der Waals surface area (Å²) in [7, 11) is 0. The highest BCUT2D eigenvalue weighted by Gasteiger charge is 1.98. The molecular weight excluding hydrogens is 156 g/mol. The van der Waals surface area contributed by atoms with E-state index in [1.54, 1.807) is 0 Å². The molecule has 62 valence electrons. The fourth-order valence-electron chi connectivity index (χ4n) is 0.964. The monoisotopic (exact) mass is 170 g/mol. The molecule has 0 bridgehead atoms. The fourth-order valence-corrected chi connectivity index (χ4v) is 1.13. The molecule has 0 radical (unpaired) electrons. The van der Waals surface area contributed by atoms with Crippen molar-refractivity contribution in [2.75, 3.05) is 0 Å². The minimum absolute atomic E-state index is 0.655. The summed E-state index contributed by atoms with van der Waals surface area (Å²) in [6.07, 6.45) is 2.01. The lowest BCUT2D eigenvalue weighted by atomic mass is 10.2. The molecule has 11 heavy (non-hydrogen) atoms. The molecule has 3 heteroatoms. The van der Waals surface area contributed by atoms with Crippen molar-refractivity contribution in [2.45, 2.75) is 26.1 Å². The van der Waals surface area contributed by atoms with Crippen molar-refractivity contribution in [3.8, 4) is 0 Å². The molecule has 0 amide bonds. The Balaban J connectivity index is 2.58. The van der Waals surface area contributed by atoms with Crippen LogP contribution in [0.5, 0.6) is 0 Å². The minimum atomic E-state index is 0.655. The first-order valence-corrected chi connectivity index (χ1v) is 4.49. The van der Waals surface area contributed by atoms with Crippen LogP contribution in [0.2, 0.25) is 0 Å². The molecule has 0 aliphatic carbocycles. The van der Waals surface area contributed by atoms with Crippen molar-refractivity contribution in [1.82, 2.24) is 9.78 Å².